The molecule has 186 valence electrons. The number of carbonyl (C=O) groups is 3. The number of ether oxygens (including phenoxy) is 1. The van der Waals surface area contributed by atoms with Gasteiger partial charge in [0.1, 0.15) is 12.4 Å². The highest BCUT2D eigenvalue weighted by molar-refractivity contribution is 5.84. The summed E-state index contributed by atoms with van der Waals surface area (Å²) in [4.78, 5) is 37.3. The fraction of sp³-hybridized carbons (Fsp3) is 0.640. The van der Waals surface area contributed by atoms with Crippen molar-refractivity contribution in [1.29, 1.82) is 0 Å². The molecule has 3 N–H and O–H groups in total. The maximum absolute atomic E-state index is 12.4. The lowest BCUT2D eigenvalue weighted by molar-refractivity contribution is -0.132. The molecule has 0 aliphatic rings. The van der Waals surface area contributed by atoms with E-state index in [0.717, 1.165) is 37.0 Å². The molecule has 0 radical (unpaired) electrons. The summed E-state index contributed by atoms with van der Waals surface area (Å²) in [7, 11) is 3.55. The zero-order valence-electron chi connectivity index (χ0n) is 20.9. The number of rotatable bonds is 16. The van der Waals surface area contributed by atoms with Crippen molar-refractivity contribution in [2.75, 3.05) is 40.3 Å². The topological polar surface area (TPSA) is 99.8 Å². The summed E-state index contributed by atoms with van der Waals surface area (Å²) in [5.74, 6) is 0.850. The first-order chi connectivity index (χ1) is 15.8. The van der Waals surface area contributed by atoms with Gasteiger partial charge in [-0.15, -0.1) is 0 Å². The van der Waals surface area contributed by atoms with E-state index in [0.29, 0.717) is 26.1 Å². The van der Waals surface area contributed by atoms with Crippen LogP contribution >= 0.6 is 0 Å². The lowest BCUT2D eigenvalue weighted by atomic mass is 9.98. The molecule has 1 aromatic rings. The van der Waals surface area contributed by atoms with Crippen molar-refractivity contribution < 1.29 is 19.1 Å². The second-order valence-electron chi connectivity index (χ2n) is 8.49. The molecule has 0 saturated carbocycles. The second kappa shape index (κ2) is 16.1. The van der Waals surface area contributed by atoms with E-state index in [4.69, 9.17) is 4.74 Å². The molecule has 0 aliphatic heterocycles. The van der Waals surface area contributed by atoms with Gasteiger partial charge in [-0.2, -0.15) is 0 Å². The highest BCUT2D eigenvalue weighted by atomic mass is 16.5. The molecule has 2 unspecified atom stereocenters. The van der Waals surface area contributed by atoms with Crippen LogP contribution in [0.4, 0.5) is 0 Å². The molecule has 3 amide bonds. The van der Waals surface area contributed by atoms with Gasteiger partial charge in [-0.05, 0) is 36.8 Å². The van der Waals surface area contributed by atoms with Crippen molar-refractivity contribution in [3.63, 3.8) is 0 Å². The van der Waals surface area contributed by atoms with E-state index in [-0.39, 0.29) is 36.2 Å². The molecule has 0 spiro atoms. The van der Waals surface area contributed by atoms with Crippen molar-refractivity contribution in [3.8, 4) is 5.75 Å². The molecule has 0 fully saturated rings. The van der Waals surface area contributed by atoms with Crippen LogP contribution in [-0.4, -0.2) is 69.0 Å². The van der Waals surface area contributed by atoms with E-state index in [1.807, 2.05) is 31.2 Å². The number of nitrogens with zero attached hydrogens (tertiary/aromatic N) is 1. The van der Waals surface area contributed by atoms with Gasteiger partial charge in [0, 0.05) is 33.6 Å². The minimum atomic E-state index is -0.223. The Hall–Kier alpha value is -2.61. The third-order valence-corrected chi connectivity index (χ3v) is 5.48. The molecule has 0 aromatic heterocycles. The fourth-order valence-electron chi connectivity index (χ4n) is 3.34. The number of benzene rings is 1. The van der Waals surface area contributed by atoms with E-state index in [1.54, 1.807) is 19.0 Å². The minimum Gasteiger partial charge on any atom is -0.492 e. The Morgan fingerprint density at radius 3 is 2.42 bits per heavy atom. The van der Waals surface area contributed by atoms with Crippen LogP contribution in [0.5, 0.6) is 5.75 Å². The number of amides is 3. The molecular weight excluding hydrogens is 420 g/mol. The van der Waals surface area contributed by atoms with Crippen LogP contribution in [0.25, 0.3) is 0 Å². The molecule has 8 nitrogen and oxygen atoms in total. The second-order valence-corrected chi connectivity index (χ2v) is 8.49. The zero-order chi connectivity index (χ0) is 24.6. The first-order valence-corrected chi connectivity index (χ1v) is 12.0. The predicted octanol–water partition coefficient (Wildman–Crippen LogP) is 2.12. The van der Waals surface area contributed by atoms with E-state index < -0.39 is 0 Å². The van der Waals surface area contributed by atoms with Gasteiger partial charge in [-0.25, -0.2) is 0 Å². The number of carbonyl (C=O) groups excluding carboxylic acids is 3. The standard InChI is InChI=1S/C25H42N4O4/c1-6-11-22(30)28-18-23(31)26-15-10-13-20-12-8-9-14-21(20)33-17-16-27-24(19(3)7-2)25(32)29(4)5/h8-9,12,14,19,24,27H,6-7,10-11,13,15-18H2,1-5H3,(H,26,31)(H,28,30). The van der Waals surface area contributed by atoms with Gasteiger partial charge in [0.2, 0.25) is 17.7 Å². The largest absolute Gasteiger partial charge is 0.492 e. The van der Waals surface area contributed by atoms with Crippen LogP contribution in [0.3, 0.4) is 0 Å². The fourth-order valence-corrected chi connectivity index (χ4v) is 3.34. The number of para-hydroxylation sites is 1. The lowest BCUT2D eigenvalue weighted by Gasteiger charge is -2.26. The van der Waals surface area contributed by atoms with Gasteiger partial charge in [-0.3, -0.25) is 14.4 Å². The molecule has 2 atom stereocenters. The molecule has 1 rings (SSSR count). The number of likely N-dealkylation sites (N-methyl/N-ethyl adjacent to an activating group) is 1. The number of aryl methyl sites for hydroxylation is 1. The van der Waals surface area contributed by atoms with Crippen molar-refractivity contribution >= 4 is 17.7 Å². The Bertz CT molecular complexity index is 739. The Morgan fingerprint density at radius 2 is 1.76 bits per heavy atom. The van der Waals surface area contributed by atoms with Crippen molar-refractivity contribution in [1.82, 2.24) is 20.9 Å². The van der Waals surface area contributed by atoms with Crippen LogP contribution < -0.4 is 20.7 Å². The molecule has 8 heteroatoms. The molecule has 0 bridgehead atoms. The Kier molecular flexibility index (Phi) is 13.8. The molecule has 33 heavy (non-hydrogen) atoms. The molecule has 0 heterocycles. The van der Waals surface area contributed by atoms with E-state index in [1.165, 1.54) is 0 Å². The molecule has 1 aromatic carbocycles. The van der Waals surface area contributed by atoms with Crippen LogP contribution in [0.1, 0.15) is 52.0 Å². The monoisotopic (exact) mass is 462 g/mol. The van der Waals surface area contributed by atoms with Crippen LogP contribution in [0.2, 0.25) is 0 Å². The van der Waals surface area contributed by atoms with Crippen molar-refractivity contribution in [2.45, 2.75) is 58.9 Å². The molecular formula is C25H42N4O4. The summed E-state index contributed by atoms with van der Waals surface area (Å²) < 4.78 is 5.98. The highest BCUT2D eigenvalue weighted by Gasteiger charge is 2.24. The number of hydrogen-bond donors (Lipinski definition) is 3. The van der Waals surface area contributed by atoms with Gasteiger partial charge in [0.15, 0.2) is 0 Å². The Balaban J connectivity index is 2.42. The highest BCUT2D eigenvalue weighted by Crippen LogP contribution is 2.19. The molecule has 0 aliphatic carbocycles. The average Bonchev–Trinajstić information content (AvgIpc) is 2.80. The Morgan fingerprint density at radius 1 is 1.03 bits per heavy atom. The Labute approximate surface area is 198 Å². The van der Waals surface area contributed by atoms with E-state index in [9.17, 15) is 14.4 Å². The maximum Gasteiger partial charge on any atom is 0.239 e. The summed E-state index contributed by atoms with van der Waals surface area (Å²) in [6.07, 6.45) is 3.64. The quantitative estimate of drug-likeness (QED) is 0.327. The van der Waals surface area contributed by atoms with Crippen LogP contribution in [0.15, 0.2) is 24.3 Å². The average molecular weight is 463 g/mol. The van der Waals surface area contributed by atoms with Gasteiger partial charge < -0.3 is 25.6 Å². The van der Waals surface area contributed by atoms with Crippen LogP contribution in [-0.2, 0) is 20.8 Å². The third kappa shape index (κ3) is 11.2. The SMILES string of the molecule is CCCC(=O)NCC(=O)NCCCc1ccccc1OCCNC(C(=O)N(C)C)C(C)CC. The zero-order valence-corrected chi connectivity index (χ0v) is 20.9. The number of nitrogens with one attached hydrogen (secondary N) is 3. The van der Waals surface area contributed by atoms with Gasteiger partial charge in [-0.1, -0.05) is 45.4 Å². The summed E-state index contributed by atoms with van der Waals surface area (Å²) in [6.45, 7) is 7.66. The third-order valence-electron chi connectivity index (χ3n) is 5.48. The predicted molar refractivity (Wildman–Crippen MR) is 131 cm³/mol. The normalized spacial score (nSPS) is 12.5. The number of hydrogen-bond acceptors (Lipinski definition) is 5. The lowest BCUT2D eigenvalue weighted by Crippen LogP contribution is -2.48. The first kappa shape index (κ1) is 28.4. The van der Waals surface area contributed by atoms with Crippen molar-refractivity contribution in [3.05, 3.63) is 29.8 Å². The summed E-state index contributed by atoms with van der Waals surface area (Å²) in [6, 6.07) is 7.64. The minimum absolute atomic E-state index is 0.0134. The van der Waals surface area contributed by atoms with Gasteiger partial charge in [0.25, 0.3) is 0 Å². The summed E-state index contributed by atoms with van der Waals surface area (Å²) in [5.41, 5.74) is 1.07. The van der Waals surface area contributed by atoms with Gasteiger partial charge >= 0.3 is 0 Å². The van der Waals surface area contributed by atoms with Gasteiger partial charge in [0.05, 0.1) is 12.6 Å². The van der Waals surface area contributed by atoms with E-state index >= 15 is 0 Å². The maximum atomic E-state index is 12.4. The van der Waals surface area contributed by atoms with E-state index in [2.05, 4.69) is 29.8 Å². The van der Waals surface area contributed by atoms with Crippen LogP contribution in [0, 0.1) is 5.92 Å². The van der Waals surface area contributed by atoms with Crippen molar-refractivity contribution in [2.24, 2.45) is 5.92 Å². The first-order valence-electron chi connectivity index (χ1n) is 12.0. The summed E-state index contributed by atoms with van der Waals surface area (Å²) in [5, 5.41) is 8.78. The smallest absolute Gasteiger partial charge is 0.239 e. The molecule has 0 saturated heterocycles. The summed E-state index contributed by atoms with van der Waals surface area (Å²) >= 11 is 0.